The summed E-state index contributed by atoms with van der Waals surface area (Å²) in [5, 5.41) is 11.7. The summed E-state index contributed by atoms with van der Waals surface area (Å²) in [6.07, 6.45) is 8.59. The number of nitrogens with one attached hydrogen (secondary N) is 1. The Balaban J connectivity index is 1.43. The lowest BCUT2D eigenvalue weighted by Crippen LogP contribution is -2.26. The van der Waals surface area contributed by atoms with E-state index in [9.17, 15) is 9.59 Å². The van der Waals surface area contributed by atoms with Crippen LogP contribution in [0.2, 0.25) is 10.2 Å². The summed E-state index contributed by atoms with van der Waals surface area (Å²) in [4.78, 5) is 35.5. The van der Waals surface area contributed by atoms with Crippen molar-refractivity contribution in [3.05, 3.63) is 106 Å². The molecule has 2 bridgehead atoms. The SMILES string of the molecule is C[C@@H]1CCC[C@H](n2cnc(-c3cc(Cl)ccc3-n3cc(Cl)nn3)cc2=O)c2cccc(c2)-c2ccncc2NC1=O. The number of amides is 1. The van der Waals surface area contributed by atoms with Crippen molar-refractivity contribution in [3.8, 4) is 28.1 Å². The quantitative estimate of drug-likeness (QED) is 0.270. The Morgan fingerprint density at radius 2 is 1.88 bits per heavy atom. The molecule has 0 saturated carbocycles. The molecule has 9 nitrogen and oxygen atoms in total. The normalized spacial score (nSPS) is 17.2. The maximum absolute atomic E-state index is 13.7. The Kier molecular flexibility index (Phi) is 7.38. The van der Waals surface area contributed by atoms with Crippen LogP contribution in [-0.2, 0) is 4.79 Å². The Bertz CT molecular complexity index is 1820. The summed E-state index contributed by atoms with van der Waals surface area (Å²) in [6.45, 7) is 1.92. The van der Waals surface area contributed by atoms with Crippen LogP contribution in [0.1, 0.15) is 37.8 Å². The van der Waals surface area contributed by atoms with Gasteiger partial charge in [-0.25, -0.2) is 9.67 Å². The zero-order valence-corrected chi connectivity index (χ0v) is 23.5. The van der Waals surface area contributed by atoms with Gasteiger partial charge in [0.2, 0.25) is 5.91 Å². The van der Waals surface area contributed by atoms with E-state index in [4.69, 9.17) is 23.2 Å². The first-order chi connectivity index (χ1) is 19.9. The van der Waals surface area contributed by atoms with E-state index in [0.717, 1.165) is 23.1 Å². The zero-order valence-electron chi connectivity index (χ0n) is 22.0. The molecule has 41 heavy (non-hydrogen) atoms. The number of halogens is 2. The van der Waals surface area contributed by atoms with Gasteiger partial charge in [-0.2, -0.15) is 0 Å². The Morgan fingerprint density at radius 1 is 1.00 bits per heavy atom. The molecule has 5 aromatic rings. The topological polar surface area (TPSA) is 108 Å². The maximum atomic E-state index is 13.7. The smallest absolute Gasteiger partial charge is 0.254 e. The highest BCUT2D eigenvalue weighted by atomic mass is 35.5. The first kappa shape index (κ1) is 26.9. The van der Waals surface area contributed by atoms with Gasteiger partial charge in [0.1, 0.15) is 0 Å². The second-order valence-corrected chi connectivity index (χ2v) is 10.9. The predicted molar refractivity (Wildman–Crippen MR) is 158 cm³/mol. The second kappa shape index (κ2) is 11.3. The van der Waals surface area contributed by atoms with Crippen LogP contribution >= 0.6 is 23.2 Å². The van der Waals surface area contributed by atoms with E-state index >= 15 is 0 Å². The Morgan fingerprint density at radius 3 is 2.68 bits per heavy atom. The number of anilines is 1. The van der Waals surface area contributed by atoms with Crippen molar-refractivity contribution < 1.29 is 4.79 Å². The lowest BCUT2D eigenvalue weighted by Gasteiger charge is -2.23. The number of rotatable bonds is 3. The third-order valence-electron chi connectivity index (χ3n) is 7.34. The molecule has 3 aromatic heterocycles. The van der Waals surface area contributed by atoms with Crippen LogP contribution in [0, 0.1) is 5.92 Å². The van der Waals surface area contributed by atoms with Gasteiger partial charge in [-0.15, -0.1) is 5.10 Å². The van der Waals surface area contributed by atoms with E-state index in [1.165, 1.54) is 10.7 Å². The molecule has 4 heterocycles. The van der Waals surface area contributed by atoms with Crippen LogP contribution in [0.5, 0.6) is 0 Å². The van der Waals surface area contributed by atoms with Gasteiger partial charge >= 0.3 is 0 Å². The Hall–Kier alpha value is -4.34. The van der Waals surface area contributed by atoms with Crippen molar-refractivity contribution in [2.75, 3.05) is 5.32 Å². The minimum atomic E-state index is -0.281. The van der Waals surface area contributed by atoms with Gasteiger partial charge in [-0.05, 0) is 54.3 Å². The van der Waals surface area contributed by atoms with Crippen LogP contribution < -0.4 is 10.9 Å². The molecule has 0 unspecified atom stereocenters. The van der Waals surface area contributed by atoms with Gasteiger partial charge in [0, 0.05) is 34.3 Å². The van der Waals surface area contributed by atoms with Crippen LogP contribution in [-0.4, -0.2) is 35.4 Å². The highest BCUT2D eigenvalue weighted by Gasteiger charge is 2.22. The first-order valence-electron chi connectivity index (χ1n) is 13.2. The van der Waals surface area contributed by atoms with E-state index in [2.05, 4.69) is 31.7 Å². The second-order valence-electron chi connectivity index (χ2n) is 10.1. The van der Waals surface area contributed by atoms with E-state index in [0.29, 0.717) is 40.5 Å². The van der Waals surface area contributed by atoms with Gasteiger partial charge in [0.05, 0.1) is 41.8 Å². The van der Waals surface area contributed by atoms with E-state index < -0.39 is 0 Å². The zero-order chi connectivity index (χ0) is 28.5. The predicted octanol–water partition coefficient (Wildman–Crippen LogP) is 6.21. The lowest BCUT2D eigenvalue weighted by molar-refractivity contribution is -0.119. The molecule has 0 fully saturated rings. The summed E-state index contributed by atoms with van der Waals surface area (Å²) in [6, 6.07) is 16.4. The van der Waals surface area contributed by atoms with Crippen LogP contribution in [0.4, 0.5) is 5.69 Å². The van der Waals surface area contributed by atoms with Crippen molar-refractivity contribution in [3.63, 3.8) is 0 Å². The van der Waals surface area contributed by atoms with Gasteiger partial charge < -0.3 is 5.32 Å². The standard InChI is InChI=1S/C30H25Cl2N7O2/c1-18-4-2-7-26(20-6-3-5-19(12-20)22-10-11-33-15-25(22)35-30(18)41)38-17-34-24(14-29(38)40)23-13-21(31)8-9-27(23)39-16-28(32)36-37-39/h3,5-6,8-18,26H,2,4,7H2,1H3,(H,35,41)/t18-,26+/m1/s1. The summed E-state index contributed by atoms with van der Waals surface area (Å²) >= 11 is 12.3. The van der Waals surface area contributed by atoms with Crippen LogP contribution in [0.15, 0.2) is 84.3 Å². The molecule has 0 saturated heterocycles. The number of carbonyl (C=O) groups is 1. The minimum Gasteiger partial charge on any atom is -0.324 e. The number of hydrogen-bond donors (Lipinski definition) is 1. The average molecular weight is 586 g/mol. The van der Waals surface area contributed by atoms with Crippen LogP contribution in [0.3, 0.4) is 0 Å². The maximum Gasteiger partial charge on any atom is 0.254 e. The fraction of sp³-hybridized carbons (Fsp3) is 0.200. The van der Waals surface area contributed by atoms with Gasteiger partial charge in [-0.1, -0.05) is 60.0 Å². The molecule has 2 atom stereocenters. The third kappa shape index (κ3) is 5.51. The van der Waals surface area contributed by atoms with Gasteiger partial charge in [0.25, 0.3) is 5.56 Å². The first-order valence-corrected chi connectivity index (χ1v) is 13.9. The number of hydrogen-bond acceptors (Lipinski definition) is 6. The van der Waals surface area contributed by atoms with Crippen molar-refractivity contribution >= 4 is 34.8 Å². The molecular weight excluding hydrogens is 561 g/mol. The number of aromatic nitrogens is 6. The number of benzene rings is 2. The van der Waals surface area contributed by atoms with E-state index in [-0.39, 0.29) is 28.6 Å². The van der Waals surface area contributed by atoms with Crippen molar-refractivity contribution in [2.45, 2.75) is 32.2 Å². The van der Waals surface area contributed by atoms with Crippen molar-refractivity contribution in [1.29, 1.82) is 0 Å². The minimum absolute atomic E-state index is 0.0540. The number of fused-ring (bicyclic) bond motifs is 4. The highest BCUT2D eigenvalue weighted by Crippen LogP contribution is 2.34. The lowest BCUT2D eigenvalue weighted by atomic mass is 9.93. The van der Waals surface area contributed by atoms with E-state index in [1.807, 2.05) is 31.2 Å². The van der Waals surface area contributed by atoms with Gasteiger partial charge in [-0.3, -0.25) is 19.1 Å². The molecule has 0 aliphatic carbocycles. The summed E-state index contributed by atoms with van der Waals surface area (Å²) in [5.41, 5.74) is 4.91. The molecule has 6 rings (SSSR count). The fourth-order valence-corrected chi connectivity index (χ4v) is 5.49. The molecule has 1 N–H and O–H groups in total. The van der Waals surface area contributed by atoms with Gasteiger partial charge in [0.15, 0.2) is 5.15 Å². The molecule has 1 amide bonds. The van der Waals surface area contributed by atoms with Crippen molar-refractivity contribution in [2.24, 2.45) is 5.92 Å². The van der Waals surface area contributed by atoms with Crippen molar-refractivity contribution in [1.82, 2.24) is 29.5 Å². The third-order valence-corrected chi connectivity index (χ3v) is 7.75. The fourth-order valence-electron chi connectivity index (χ4n) is 5.20. The summed E-state index contributed by atoms with van der Waals surface area (Å²) < 4.78 is 3.17. The highest BCUT2D eigenvalue weighted by molar-refractivity contribution is 6.31. The molecule has 11 heteroatoms. The number of carbonyl (C=O) groups excluding carboxylic acids is 1. The molecule has 0 radical (unpaired) electrons. The number of pyridine rings is 1. The molecule has 1 aliphatic rings. The monoisotopic (exact) mass is 585 g/mol. The largest absolute Gasteiger partial charge is 0.324 e. The molecule has 2 aromatic carbocycles. The number of nitrogens with zero attached hydrogens (tertiary/aromatic N) is 6. The average Bonchev–Trinajstić information content (AvgIpc) is 3.41. The molecule has 206 valence electrons. The molecule has 1 aliphatic heterocycles. The summed E-state index contributed by atoms with van der Waals surface area (Å²) in [7, 11) is 0. The Labute approximate surface area is 245 Å². The summed E-state index contributed by atoms with van der Waals surface area (Å²) in [5.74, 6) is -0.257. The van der Waals surface area contributed by atoms with E-state index in [1.54, 1.807) is 47.7 Å². The van der Waals surface area contributed by atoms with Crippen LogP contribution in [0.25, 0.3) is 28.1 Å². The molecule has 0 spiro atoms. The molecular formula is C30H25Cl2N7O2.